The van der Waals surface area contributed by atoms with E-state index in [0.29, 0.717) is 17.1 Å². The van der Waals surface area contributed by atoms with Gasteiger partial charge < -0.3 is 16.2 Å². The van der Waals surface area contributed by atoms with Crippen molar-refractivity contribution in [3.05, 3.63) is 53.3 Å². The van der Waals surface area contributed by atoms with E-state index < -0.39 is 5.97 Å². The molecule has 0 aliphatic carbocycles. The Morgan fingerprint density at radius 1 is 1.29 bits per heavy atom. The molecule has 108 valence electrons. The Hall–Kier alpha value is -2.89. The average Bonchev–Trinajstić information content (AvgIpc) is 2.43. The summed E-state index contributed by atoms with van der Waals surface area (Å²) in [6, 6.07) is 7.93. The number of pyridine rings is 1. The Morgan fingerprint density at radius 3 is 2.67 bits per heavy atom. The van der Waals surface area contributed by atoms with Gasteiger partial charge >= 0.3 is 5.97 Å². The van der Waals surface area contributed by atoms with Crippen LogP contribution < -0.4 is 11.1 Å². The number of carbonyl (C=O) groups excluding carboxylic acids is 1. The first-order valence-electron chi connectivity index (χ1n) is 6.30. The van der Waals surface area contributed by atoms with Crippen molar-refractivity contribution in [2.75, 3.05) is 11.1 Å². The number of aromatic carboxylic acids is 1. The van der Waals surface area contributed by atoms with Crippen molar-refractivity contribution >= 4 is 23.3 Å². The second-order valence-corrected chi connectivity index (χ2v) is 4.64. The molecule has 21 heavy (non-hydrogen) atoms. The second-order valence-electron chi connectivity index (χ2n) is 4.64. The molecule has 6 heteroatoms. The highest BCUT2D eigenvalue weighted by Crippen LogP contribution is 2.17. The van der Waals surface area contributed by atoms with Crippen LogP contribution in [0.15, 0.2) is 36.5 Å². The molecule has 0 spiro atoms. The number of aryl methyl sites for hydroxylation is 1. The number of benzene rings is 1. The minimum Gasteiger partial charge on any atom is -0.478 e. The van der Waals surface area contributed by atoms with Crippen molar-refractivity contribution in [1.82, 2.24) is 4.98 Å². The molecule has 0 radical (unpaired) electrons. The summed E-state index contributed by atoms with van der Waals surface area (Å²) < 4.78 is 0. The zero-order chi connectivity index (χ0) is 15.4. The number of aromatic nitrogens is 1. The summed E-state index contributed by atoms with van der Waals surface area (Å²) in [5.74, 6) is -1.30. The van der Waals surface area contributed by atoms with Gasteiger partial charge in [0.25, 0.3) is 0 Å². The number of nitrogen functional groups attached to an aromatic ring is 1. The van der Waals surface area contributed by atoms with Crippen molar-refractivity contribution < 1.29 is 14.7 Å². The van der Waals surface area contributed by atoms with Crippen LogP contribution in [-0.2, 0) is 11.2 Å². The number of hydrogen-bond donors (Lipinski definition) is 3. The quantitative estimate of drug-likeness (QED) is 0.795. The lowest BCUT2D eigenvalue weighted by atomic mass is 10.1. The SMILES string of the molecule is Cc1ccc(C(=O)O)cc1NC(=O)Cc1ccc(N)cn1. The van der Waals surface area contributed by atoms with Crippen molar-refractivity contribution in [1.29, 1.82) is 0 Å². The lowest BCUT2D eigenvalue weighted by Crippen LogP contribution is -2.16. The molecule has 6 nitrogen and oxygen atoms in total. The highest BCUT2D eigenvalue weighted by atomic mass is 16.4. The van der Waals surface area contributed by atoms with Crippen LogP contribution in [0.4, 0.5) is 11.4 Å². The van der Waals surface area contributed by atoms with Gasteiger partial charge in [0.1, 0.15) is 0 Å². The summed E-state index contributed by atoms with van der Waals surface area (Å²) in [5.41, 5.74) is 8.05. The van der Waals surface area contributed by atoms with E-state index in [1.165, 1.54) is 18.3 Å². The highest BCUT2D eigenvalue weighted by molar-refractivity contribution is 5.95. The van der Waals surface area contributed by atoms with E-state index >= 15 is 0 Å². The third-order valence-electron chi connectivity index (χ3n) is 2.95. The number of amides is 1. The molecule has 1 aromatic carbocycles. The number of carboxylic acid groups (broad SMARTS) is 1. The number of rotatable bonds is 4. The molecule has 1 heterocycles. The molecule has 0 aliphatic heterocycles. The zero-order valence-corrected chi connectivity index (χ0v) is 11.5. The third kappa shape index (κ3) is 3.79. The maximum Gasteiger partial charge on any atom is 0.335 e. The molecule has 1 amide bonds. The fourth-order valence-electron chi connectivity index (χ4n) is 1.79. The van der Waals surface area contributed by atoms with Gasteiger partial charge in [0.15, 0.2) is 0 Å². The Labute approximate surface area is 121 Å². The van der Waals surface area contributed by atoms with Crippen LogP contribution >= 0.6 is 0 Å². The Kier molecular flexibility index (Phi) is 4.18. The van der Waals surface area contributed by atoms with E-state index in [0.717, 1.165) is 5.56 Å². The van der Waals surface area contributed by atoms with Crippen LogP contribution in [0.3, 0.4) is 0 Å². The molecule has 0 aliphatic rings. The minimum atomic E-state index is -1.04. The lowest BCUT2D eigenvalue weighted by Gasteiger charge is -2.09. The van der Waals surface area contributed by atoms with Crippen molar-refractivity contribution in [3.8, 4) is 0 Å². The first kappa shape index (κ1) is 14.5. The highest BCUT2D eigenvalue weighted by Gasteiger charge is 2.10. The number of hydrogen-bond acceptors (Lipinski definition) is 4. The number of nitrogens with one attached hydrogen (secondary N) is 1. The summed E-state index contributed by atoms with van der Waals surface area (Å²) in [6.07, 6.45) is 1.58. The van der Waals surface area contributed by atoms with Gasteiger partial charge in [-0.05, 0) is 36.8 Å². The van der Waals surface area contributed by atoms with Gasteiger partial charge in [0.05, 0.1) is 23.9 Å². The predicted octanol–water partition coefficient (Wildman–Crippen LogP) is 1.85. The smallest absolute Gasteiger partial charge is 0.335 e. The van der Waals surface area contributed by atoms with Gasteiger partial charge in [0.2, 0.25) is 5.91 Å². The van der Waals surface area contributed by atoms with E-state index in [2.05, 4.69) is 10.3 Å². The fourth-order valence-corrected chi connectivity index (χ4v) is 1.79. The number of carbonyl (C=O) groups is 2. The molecular formula is C15H15N3O3. The number of anilines is 2. The van der Waals surface area contributed by atoms with Gasteiger partial charge in [-0.1, -0.05) is 6.07 Å². The van der Waals surface area contributed by atoms with E-state index in [1.807, 2.05) is 0 Å². The van der Waals surface area contributed by atoms with Gasteiger partial charge in [-0.25, -0.2) is 4.79 Å². The first-order chi connectivity index (χ1) is 9.95. The molecule has 4 N–H and O–H groups in total. The number of nitrogens with zero attached hydrogens (tertiary/aromatic N) is 1. The van der Waals surface area contributed by atoms with Crippen LogP contribution in [0.5, 0.6) is 0 Å². The molecular weight excluding hydrogens is 270 g/mol. The normalized spacial score (nSPS) is 10.1. The van der Waals surface area contributed by atoms with E-state index in [1.54, 1.807) is 25.1 Å². The second kappa shape index (κ2) is 6.04. The van der Waals surface area contributed by atoms with Gasteiger partial charge in [-0.15, -0.1) is 0 Å². The van der Waals surface area contributed by atoms with Crippen LogP contribution in [0.1, 0.15) is 21.6 Å². The Bertz CT molecular complexity index is 681. The molecule has 0 fully saturated rings. The zero-order valence-electron chi connectivity index (χ0n) is 11.5. The molecule has 0 atom stereocenters. The maximum atomic E-state index is 12.0. The van der Waals surface area contributed by atoms with Gasteiger partial charge in [0, 0.05) is 11.4 Å². The third-order valence-corrected chi connectivity index (χ3v) is 2.95. The summed E-state index contributed by atoms with van der Waals surface area (Å²) in [4.78, 5) is 27.0. The van der Waals surface area contributed by atoms with Crippen LogP contribution in [-0.4, -0.2) is 22.0 Å². The van der Waals surface area contributed by atoms with Gasteiger partial charge in [-0.2, -0.15) is 0 Å². The largest absolute Gasteiger partial charge is 0.478 e. The first-order valence-corrected chi connectivity index (χ1v) is 6.30. The molecule has 2 rings (SSSR count). The van der Waals surface area contributed by atoms with Gasteiger partial charge in [-0.3, -0.25) is 9.78 Å². The average molecular weight is 285 g/mol. The predicted molar refractivity (Wildman–Crippen MR) is 79.1 cm³/mol. The molecule has 0 unspecified atom stereocenters. The van der Waals surface area contributed by atoms with Crippen LogP contribution in [0.2, 0.25) is 0 Å². The molecule has 0 saturated heterocycles. The maximum absolute atomic E-state index is 12.0. The topological polar surface area (TPSA) is 105 Å². The summed E-state index contributed by atoms with van der Waals surface area (Å²) in [5, 5.41) is 11.7. The van der Waals surface area contributed by atoms with Crippen LogP contribution in [0, 0.1) is 6.92 Å². The molecule has 0 bridgehead atoms. The van der Waals surface area contributed by atoms with Crippen molar-refractivity contribution in [2.24, 2.45) is 0 Å². The summed E-state index contributed by atoms with van der Waals surface area (Å²) in [6.45, 7) is 1.79. The monoisotopic (exact) mass is 285 g/mol. The standard InChI is InChI=1S/C15H15N3O3/c1-9-2-3-10(15(20)21)6-13(9)18-14(19)7-12-5-4-11(16)8-17-12/h2-6,8H,7,16H2,1H3,(H,18,19)(H,20,21). The van der Waals surface area contributed by atoms with Crippen molar-refractivity contribution in [2.45, 2.75) is 13.3 Å². The van der Waals surface area contributed by atoms with E-state index in [9.17, 15) is 9.59 Å². The minimum absolute atomic E-state index is 0.0943. The van der Waals surface area contributed by atoms with E-state index in [4.69, 9.17) is 10.8 Å². The summed E-state index contributed by atoms with van der Waals surface area (Å²) in [7, 11) is 0. The Balaban J connectivity index is 2.10. The van der Waals surface area contributed by atoms with Crippen molar-refractivity contribution in [3.63, 3.8) is 0 Å². The molecule has 1 aromatic heterocycles. The number of nitrogens with two attached hydrogens (primary N) is 1. The van der Waals surface area contributed by atoms with E-state index in [-0.39, 0.29) is 17.9 Å². The molecule has 2 aromatic rings. The lowest BCUT2D eigenvalue weighted by molar-refractivity contribution is -0.115. The van der Waals surface area contributed by atoms with Crippen LogP contribution in [0.25, 0.3) is 0 Å². The molecule has 0 saturated carbocycles. The summed E-state index contributed by atoms with van der Waals surface area (Å²) >= 11 is 0. The Morgan fingerprint density at radius 2 is 2.05 bits per heavy atom. The number of carboxylic acids is 1. The fraction of sp³-hybridized carbons (Fsp3) is 0.133.